The molecule has 8 nitrogen and oxygen atoms in total. The average Bonchev–Trinajstić information content (AvgIpc) is 2.83. The van der Waals surface area contributed by atoms with Gasteiger partial charge in [-0.15, -0.1) is 0 Å². The van der Waals surface area contributed by atoms with Gasteiger partial charge in [-0.25, -0.2) is 9.59 Å². The van der Waals surface area contributed by atoms with Gasteiger partial charge in [-0.05, 0) is 12.1 Å². The Morgan fingerprint density at radius 3 is 2.71 bits per heavy atom. The third-order valence-corrected chi connectivity index (χ3v) is 3.03. The lowest BCUT2D eigenvalue weighted by Gasteiger charge is -2.13. The molecule has 1 aromatic rings. The number of hydrogen-bond acceptors (Lipinski definition) is 7. The van der Waals surface area contributed by atoms with E-state index in [1.165, 1.54) is 12.1 Å². The molecule has 1 saturated heterocycles. The summed E-state index contributed by atoms with van der Waals surface area (Å²) in [6, 6.07) is 4.02. The van der Waals surface area contributed by atoms with E-state index in [-0.39, 0.29) is 17.9 Å². The van der Waals surface area contributed by atoms with E-state index >= 15 is 0 Å². The fourth-order valence-electron chi connectivity index (χ4n) is 1.96. The van der Waals surface area contributed by atoms with Gasteiger partial charge in [0.25, 0.3) is 5.69 Å². The van der Waals surface area contributed by atoms with Crippen LogP contribution in [0.3, 0.4) is 0 Å². The highest BCUT2D eigenvalue weighted by molar-refractivity contribution is 5.93. The van der Waals surface area contributed by atoms with Gasteiger partial charge in [0.1, 0.15) is 5.69 Å². The lowest BCUT2D eigenvalue weighted by molar-refractivity contribution is -0.384. The van der Waals surface area contributed by atoms with E-state index in [1.54, 1.807) is 19.0 Å². The van der Waals surface area contributed by atoms with Crippen molar-refractivity contribution in [2.75, 3.05) is 25.6 Å². The van der Waals surface area contributed by atoms with E-state index in [0.717, 1.165) is 6.07 Å². The van der Waals surface area contributed by atoms with Crippen molar-refractivity contribution in [2.24, 2.45) is 0 Å². The minimum Gasteiger partial charge on any atom is -0.463 e. The number of benzene rings is 1. The van der Waals surface area contributed by atoms with Crippen molar-refractivity contribution in [3.63, 3.8) is 0 Å². The molecule has 1 aliphatic rings. The molecule has 0 aliphatic carbocycles. The van der Waals surface area contributed by atoms with Gasteiger partial charge in [0.2, 0.25) is 6.10 Å². The van der Waals surface area contributed by atoms with Crippen LogP contribution in [0.4, 0.5) is 11.4 Å². The molecule has 1 aromatic carbocycles. The van der Waals surface area contributed by atoms with Gasteiger partial charge < -0.3 is 14.4 Å². The van der Waals surface area contributed by atoms with Crippen molar-refractivity contribution < 1.29 is 24.0 Å². The molecule has 0 spiro atoms. The Morgan fingerprint density at radius 1 is 1.48 bits per heavy atom. The summed E-state index contributed by atoms with van der Waals surface area (Å²) in [7, 11) is 3.32. The largest absolute Gasteiger partial charge is 0.463 e. The monoisotopic (exact) mass is 294 g/mol. The number of hydrogen-bond donors (Lipinski definition) is 0. The van der Waals surface area contributed by atoms with Crippen molar-refractivity contribution in [1.29, 1.82) is 0 Å². The highest BCUT2D eigenvalue weighted by atomic mass is 16.6. The number of carbonyl (C=O) groups excluding carboxylic acids is 2. The van der Waals surface area contributed by atoms with Crippen molar-refractivity contribution >= 4 is 23.3 Å². The molecule has 1 atom stereocenters. The second-order valence-corrected chi connectivity index (χ2v) is 4.71. The molecule has 0 aromatic heterocycles. The maximum atomic E-state index is 11.9. The molecule has 21 heavy (non-hydrogen) atoms. The first-order valence-corrected chi connectivity index (χ1v) is 6.23. The Labute approximate surface area is 120 Å². The Hall–Kier alpha value is -2.64. The highest BCUT2D eigenvalue weighted by Crippen LogP contribution is 2.28. The molecule has 1 fully saturated rings. The minimum absolute atomic E-state index is 0.0204. The van der Waals surface area contributed by atoms with E-state index < -0.39 is 23.0 Å². The summed E-state index contributed by atoms with van der Waals surface area (Å²) >= 11 is 0. The van der Waals surface area contributed by atoms with Gasteiger partial charge >= 0.3 is 11.9 Å². The minimum atomic E-state index is -0.940. The second-order valence-electron chi connectivity index (χ2n) is 4.71. The summed E-state index contributed by atoms with van der Waals surface area (Å²) in [5.74, 6) is -1.38. The zero-order chi connectivity index (χ0) is 15.6. The molecule has 1 heterocycles. The van der Waals surface area contributed by atoms with Crippen LogP contribution in [0, 0.1) is 10.1 Å². The molecule has 112 valence electrons. The molecule has 0 radical (unpaired) electrons. The molecule has 0 unspecified atom stereocenters. The molecular weight excluding hydrogens is 280 g/mol. The van der Waals surface area contributed by atoms with Gasteiger partial charge in [0, 0.05) is 26.6 Å². The summed E-state index contributed by atoms with van der Waals surface area (Å²) in [5.41, 5.74) is 0.187. The number of nitro groups is 1. The lowest BCUT2D eigenvalue weighted by atomic mass is 10.1. The Kier molecular flexibility index (Phi) is 4.06. The first kappa shape index (κ1) is 14.8. The first-order valence-electron chi connectivity index (χ1n) is 6.23. The molecule has 2 rings (SSSR count). The molecule has 0 N–H and O–H groups in total. The third-order valence-electron chi connectivity index (χ3n) is 3.03. The van der Waals surface area contributed by atoms with E-state index in [4.69, 9.17) is 4.74 Å². The average molecular weight is 294 g/mol. The molecule has 8 heteroatoms. The third kappa shape index (κ3) is 3.10. The van der Waals surface area contributed by atoms with E-state index in [1.807, 2.05) is 0 Å². The molecule has 0 amide bonds. The maximum absolute atomic E-state index is 11.9. The number of carbonyl (C=O) groups is 2. The fraction of sp³-hybridized carbons (Fsp3) is 0.385. The van der Waals surface area contributed by atoms with Crippen LogP contribution in [0.25, 0.3) is 0 Å². The number of nitrogens with zero attached hydrogens (tertiary/aromatic N) is 2. The predicted octanol–water partition coefficient (Wildman–Crippen LogP) is 1.13. The van der Waals surface area contributed by atoms with Crippen LogP contribution in [0.5, 0.6) is 0 Å². The summed E-state index contributed by atoms with van der Waals surface area (Å²) in [6.45, 7) is 0.205. The SMILES string of the molecule is CN(C)c1ccc(C(=O)O[C@H]2CCOC2=O)cc1[N+](=O)[O-]. The number of rotatable bonds is 4. The van der Waals surface area contributed by atoms with Crippen LogP contribution in [0.2, 0.25) is 0 Å². The van der Waals surface area contributed by atoms with Crippen LogP contribution in [-0.4, -0.2) is 43.7 Å². The topological polar surface area (TPSA) is 99.0 Å². The van der Waals surface area contributed by atoms with Crippen molar-refractivity contribution in [3.05, 3.63) is 33.9 Å². The summed E-state index contributed by atoms with van der Waals surface area (Å²) in [4.78, 5) is 35.2. The standard InChI is InChI=1S/C13H14N2O6/c1-14(2)9-4-3-8(7-10(9)15(18)19)12(16)21-11-5-6-20-13(11)17/h3-4,7,11H,5-6H2,1-2H3/t11-/m0/s1. The number of cyclic esters (lactones) is 1. The summed E-state index contributed by atoms with van der Waals surface area (Å²) < 4.78 is 9.68. The molecule has 1 aliphatic heterocycles. The van der Waals surface area contributed by atoms with Crippen molar-refractivity contribution in [1.82, 2.24) is 0 Å². The number of nitro benzene ring substituents is 1. The molecule has 0 saturated carbocycles. The zero-order valence-corrected chi connectivity index (χ0v) is 11.6. The normalized spacial score (nSPS) is 17.2. The predicted molar refractivity (Wildman–Crippen MR) is 72.2 cm³/mol. The van der Waals surface area contributed by atoms with Crippen molar-refractivity contribution in [2.45, 2.75) is 12.5 Å². The highest BCUT2D eigenvalue weighted by Gasteiger charge is 2.31. The van der Waals surface area contributed by atoms with Gasteiger partial charge in [-0.3, -0.25) is 10.1 Å². The van der Waals surface area contributed by atoms with E-state index in [2.05, 4.69) is 4.74 Å². The summed E-state index contributed by atoms with van der Waals surface area (Å²) in [6.07, 6.45) is -0.646. The van der Waals surface area contributed by atoms with Crippen LogP contribution >= 0.6 is 0 Å². The van der Waals surface area contributed by atoms with Gasteiger partial charge in [0.05, 0.1) is 17.1 Å². The van der Waals surface area contributed by atoms with Gasteiger partial charge in [-0.2, -0.15) is 0 Å². The quantitative estimate of drug-likeness (QED) is 0.466. The maximum Gasteiger partial charge on any atom is 0.347 e. The van der Waals surface area contributed by atoms with Crippen LogP contribution in [0.15, 0.2) is 18.2 Å². The summed E-state index contributed by atoms with van der Waals surface area (Å²) in [5, 5.41) is 11.1. The zero-order valence-electron chi connectivity index (χ0n) is 11.6. The second kappa shape index (κ2) is 5.78. The van der Waals surface area contributed by atoms with Gasteiger partial charge in [-0.1, -0.05) is 0 Å². The Morgan fingerprint density at radius 2 is 2.19 bits per heavy atom. The Bertz CT molecular complexity index is 598. The number of anilines is 1. The first-order chi connectivity index (χ1) is 9.90. The van der Waals surface area contributed by atoms with Crippen LogP contribution in [-0.2, 0) is 14.3 Å². The smallest absolute Gasteiger partial charge is 0.347 e. The van der Waals surface area contributed by atoms with Gasteiger partial charge in [0.15, 0.2) is 0 Å². The van der Waals surface area contributed by atoms with E-state index in [0.29, 0.717) is 12.1 Å². The van der Waals surface area contributed by atoms with Crippen LogP contribution in [0.1, 0.15) is 16.8 Å². The Balaban J connectivity index is 2.23. The van der Waals surface area contributed by atoms with E-state index in [9.17, 15) is 19.7 Å². The fourth-order valence-corrected chi connectivity index (χ4v) is 1.96. The van der Waals surface area contributed by atoms with Crippen molar-refractivity contribution in [3.8, 4) is 0 Å². The lowest BCUT2D eigenvalue weighted by Crippen LogP contribution is -2.22. The van der Waals surface area contributed by atoms with Crippen LogP contribution < -0.4 is 4.90 Å². The number of esters is 2. The molecule has 0 bridgehead atoms. The molecular formula is C13H14N2O6. The number of ether oxygens (including phenoxy) is 2.